The second-order valence-electron chi connectivity index (χ2n) is 5.25. The fourth-order valence-electron chi connectivity index (χ4n) is 3.09. The van der Waals surface area contributed by atoms with Gasteiger partial charge in [-0.3, -0.25) is 4.79 Å². The van der Waals surface area contributed by atoms with Crippen LogP contribution in [0.4, 0.5) is 0 Å². The maximum Gasteiger partial charge on any atom is 0.143 e. The van der Waals surface area contributed by atoms with Crippen molar-refractivity contribution in [1.29, 1.82) is 0 Å². The Labute approximate surface area is 109 Å². The van der Waals surface area contributed by atoms with Crippen LogP contribution in [0.25, 0.3) is 0 Å². The number of para-hydroxylation sites is 1. The SMILES string of the molecule is CCC1(C(=O)Cc2ccccc2OC)CCCC1. The van der Waals surface area contributed by atoms with Crippen molar-refractivity contribution in [2.45, 2.75) is 45.4 Å². The van der Waals surface area contributed by atoms with Crippen LogP contribution >= 0.6 is 0 Å². The third-order valence-corrected chi connectivity index (χ3v) is 4.37. The number of carbonyl (C=O) groups excluding carboxylic acids is 1. The van der Waals surface area contributed by atoms with E-state index in [1.807, 2.05) is 24.3 Å². The molecule has 0 saturated heterocycles. The van der Waals surface area contributed by atoms with E-state index in [1.165, 1.54) is 12.8 Å². The summed E-state index contributed by atoms with van der Waals surface area (Å²) >= 11 is 0. The zero-order chi connectivity index (χ0) is 13.0. The zero-order valence-corrected chi connectivity index (χ0v) is 11.4. The minimum atomic E-state index is -0.0547. The Morgan fingerprint density at radius 2 is 1.94 bits per heavy atom. The highest BCUT2D eigenvalue weighted by atomic mass is 16.5. The van der Waals surface area contributed by atoms with Crippen LogP contribution in [0.1, 0.15) is 44.6 Å². The lowest BCUT2D eigenvalue weighted by molar-refractivity contribution is -0.128. The van der Waals surface area contributed by atoms with Gasteiger partial charge in [0.15, 0.2) is 0 Å². The summed E-state index contributed by atoms with van der Waals surface area (Å²) in [5.41, 5.74) is 0.964. The first-order chi connectivity index (χ1) is 8.72. The van der Waals surface area contributed by atoms with Crippen molar-refractivity contribution in [3.05, 3.63) is 29.8 Å². The molecule has 1 saturated carbocycles. The highest BCUT2D eigenvalue weighted by Crippen LogP contribution is 2.42. The summed E-state index contributed by atoms with van der Waals surface area (Å²) in [6.07, 6.45) is 6.02. The predicted molar refractivity (Wildman–Crippen MR) is 72.9 cm³/mol. The molecule has 0 unspecified atom stereocenters. The van der Waals surface area contributed by atoms with Crippen molar-refractivity contribution in [3.63, 3.8) is 0 Å². The first-order valence-electron chi connectivity index (χ1n) is 6.87. The number of rotatable bonds is 5. The molecule has 0 radical (unpaired) electrons. The number of ether oxygens (including phenoxy) is 1. The van der Waals surface area contributed by atoms with Gasteiger partial charge in [-0.2, -0.15) is 0 Å². The van der Waals surface area contributed by atoms with Crippen LogP contribution in [0.2, 0.25) is 0 Å². The van der Waals surface area contributed by atoms with E-state index in [-0.39, 0.29) is 5.41 Å². The minimum absolute atomic E-state index is 0.0547. The normalized spacial score (nSPS) is 17.7. The van der Waals surface area contributed by atoms with Crippen LogP contribution in [-0.4, -0.2) is 12.9 Å². The summed E-state index contributed by atoms with van der Waals surface area (Å²) in [5.74, 6) is 1.22. The van der Waals surface area contributed by atoms with Crippen molar-refractivity contribution in [3.8, 4) is 5.75 Å². The molecule has 98 valence electrons. The molecule has 1 fully saturated rings. The number of hydrogen-bond acceptors (Lipinski definition) is 2. The van der Waals surface area contributed by atoms with E-state index in [0.29, 0.717) is 12.2 Å². The molecule has 2 nitrogen and oxygen atoms in total. The molecule has 2 heteroatoms. The van der Waals surface area contributed by atoms with Gasteiger partial charge in [0.25, 0.3) is 0 Å². The van der Waals surface area contributed by atoms with Crippen molar-refractivity contribution < 1.29 is 9.53 Å². The van der Waals surface area contributed by atoms with Crippen LogP contribution in [0, 0.1) is 5.41 Å². The Morgan fingerprint density at radius 3 is 2.56 bits per heavy atom. The molecule has 0 N–H and O–H groups in total. The summed E-state index contributed by atoms with van der Waals surface area (Å²) in [6, 6.07) is 7.83. The van der Waals surface area contributed by atoms with Gasteiger partial charge in [-0.1, -0.05) is 38.0 Å². The van der Waals surface area contributed by atoms with E-state index >= 15 is 0 Å². The van der Waals surface area contributed by atoms with Gasteiger partial charge in [0, 0.05) is 17.4 Å². The number of methoxy groups -OCH3 is 1. The quantitative estimate of drug-likeness (QED) is 0.790. The van der Waals surface area contributed by atoms with Crippen molar-refractivity contribution in [2.75, 3.05) is 7.11 Å². The summed E-state index contributed by atoms with van der Waals surface area (Å²) in [5, 5.41) is 0. The van der Waals surface area contributed by atoms with Crippen LogP contribution < -0.4 is 4.74 Å². The van der Waals surface area contributed by atoms with Gasteiger partial charge in [-0.05, 0) is 25.3 Å². The molecule has 1 aromatic carbocycles. The molecule has 2 rings (SSSR count). The smallest absolute Gasteiger partial charge is 0.143 e. The molecule has 1 aromatic rings. The zero-order valence-electron chi connectivity index (χ0n) is 11.4. The number of benzene rings is 1. The fourth-order valence-corrected chi connectivity index (χ4v) is 3.09. The van der Waals surface area contributed by atoms with Crippen molar-refractivity contribution >= 4 is 5.78 Å². The van der Waals surface area contributed by atoms with Gasteiger partial charge < -0.3 is 4.74 Å². The number of ketones is 1. The molecule has 0 atom stereocenters. The minimum Gasteiger partial charge on any atom is -0.496 e. The van der Waals surface area contributed by atoms with Crippen LogP contribution in [0.3, 0.4) is 0 Å². The first kappa shape index (κ1) is 13.1. The lowest BCUT2D eigenvalue weighted by Gasteiger charge is -2.26. The van der Waals surface area contributed by atoms with E-state index < -0.39 is 0 Å². The van der Waals surface area contributed by atoms with E-state index in [2.05, 4.69) is 6.92 Å². The maximum absolute atomic E-state index is 12.6. The fraction of sp³-hybridized carbons (Fsp3) is 0.562. The molecule has 18 heavy (non-hydrogen) atoms. The average Bonchev–Trinajstić information content (AvgIpc) is 2.89. The molecule has 0 heterocycles. The highest BCUT2D eigenvalue weighted by Gasteiger charge is 2.38. The number of hydrogen-bond donors (Lipinski definition) is 0. The van der Waals surface area contributed by atoms with E-state index in [9.17, 15) is 4.79 Å². The molecule has 0 aromatic heterocycles. The highest BCUT2D eigenvalue weighted by molar-refractivity contribution is 5.87. The van der Waals surface area contributed by atoms with E-state index in [1.54, 1.807) is 7.11 Å². The lowest BCUT2D eigenvalue weighted by Crippen LogP contribution is -2.28. The maximum atomic E-state index is 12.6. The van der Waals surface area contributed by atoms with Gasteiger partial charge in [0.1, 0.15) is 11.5 Å². The first-order valence-corrected chi connectivity index (χ1v) is 6.87. The number of carbonyl (C=O) groups is 1. The van der Waals surface area contributed by atoms with E-state index in [4.69, 9.17) is 4.74 Å². The molecule has 0 amide bonds. The molecular formula is C16H22O2. The van der Waals surface area contributed by atoms with E-state index in [0.717, 1.165) is 30.6 Å². The Hall–Kier alpha value is -1.31. The average molecular weight is 246 g/mol. The Kier molecular flexibility index (Phi) is 4.05. The largest absolute Gasteiger partial charge is 0.496 e. The number of Topliss-reactive ketones (excluding diaryl/α,β-unsaturated/α-hetero) is 1. The lowest BCUT2D eigenvalue weighted by atomic mass is 9.77. The Balaban J connectivity index is 2.15. The predicted octanol–water partition coefficient (Wildman–Crippen LogP) is 3.78. The van der Waals surface area contributed by atoms with Crippen LogP contribution in [0.15, 0.2) is 24.3 Å². The molecule has 0 bridgehead atoms. The Bertz CT molecular complexity index is 417. The summed E-state index contributed by atoms with van der Waals surface area (Å²) < 4.78 is 5.32. The third-order valence-electron chi connectivity index (χ3n) is 4.37. The third kappa shape index (κ3) is 2.43. The summed E-state index contributed by atoms with van der Waals surface area (Å²) in [6.45, 7) is 2.14. The molecule has 1 aliphatic rings. The second kappa shape index (κ2) is 5.55. The van der Waals surface area contributed by atoms with Gasteiger partial charge >= 0.3 is 0 Å². The van der Waals surface area contributed by atoms with Gasteiger partial charge in [-0.15, -0.1) is 0 Å². The second-order valence-corrected chi connectivity index (χ2v) is 5.25. The topological polar surface area (TPSA) is 26.3 Å². The summed E-state index contributed by atoms with van der Waals surface area (Å²) in [7, 11) is 1.66. The van der Waals surface area contributed by atoms with Gasteiger partial charge in [0.2, 0.25) is 0 Å². The molecular weight excluding hydrogens is 224 g/mol. The van der Waals surface area contributed by atoms with Crippen LogP contribution in [0.5, 0.6) is 5.75 Å². The monoisotopic (exact) mass is 246 g/mol. The molecule has 0 spiro atoms. The van der Waals surface area contributed by atoms with Gasteiger partial charge in [-0.25, -0.2) is 0 Å². The molecule has 1 aliphatic carbocycles. The molecule has 0 aliphatic heterocycles. The van der Waals surface area contributed by atoms with Crippen molar-refractivity contribution in [1.82, 2.24) is 0 Å². The summed E-state index contributed by atoms with van der Waals surface area (Å²) in [4.78, 5) is 12.6. The van der Waals surface area contributed by atoms with Crippen LogP contribution in [-0.2, 0) is 11.2 Å². The van der Waals surface area contributed by atoms with Gasteiger partial charge in [0.05, 0.1) is 7.11 Å². The standard InChI is InChI=1S/C16H22O2/c1-3-16(10-6-7-11-16)15(17)12-13-8-4-5-9-14(13)18-2/h4-5,8-9H,3,6-7,10-12H2,1-2H3. The van der Waals surface area contributed by atoms with Crippen molar-refractivity contribution in [2.24, 2.45) is 5.41 Å². The Morgan fingerprint density at radius 1 is 1.28 bits per heavy atom.